The van der Waals surface area contributed by atoms with Crippen LogP contribution < -0.4 is 10.1 Å². The Bertz CT molecular complexity index is 770. The Morgan fingerprint density at radius 1 is 1.40 bits per heavy atom. The van der Waals surface area contributed by atoms with E-state index in [-0.39, 0.29) is 23.5 Å². The second-order valence-corrected chi connectivity index (χ2v) is 5.80. The molecule has 1 aliphatic carbocycles. The minimum atomic E-state index is -2.60. The second kappa shape index (κ2) is 7.50. The van der Waals surface area contributed by atoms with Crippen molar-refractivity contribution in [2.45, 2.75) is 38.7 Å². The van der Waals surface area contributed by atoms with E-state index in [4.69, 9.17) is 4.74 Å². The number of pyridine rings is 1. The Morgan fingerprint density at radius 3 is 3.04 bits per heavy atom. The number of nitrogens with one attached hydrogen (secondary N) is 1. The molecule has 0 fully saturated rings. The Hall–Kier alpha value is -2.64. The molecule has 6 nitrogen and oxygen atoms in total. The van der Waals surface area contributed by atoms with Gasteiger partial charge in [-0.1, -0.05) is 6.07 Å². The number of fused-ring (bicyclic) bond motifs is 1. The van der Waals surface area contributed by atoms with Crippen LogP contribution in [0, 0.1) is 6.92 Å². The smallest absolute Gasteiger partial charge is 0.272 e. The Kier molecular flexibility index (Phi) is 5.16. The highest BCUT2D eigenvalue weighted by molar-refractivity contribution is 5.92. The molecule has 8 heteroatoms. The molecule has 2 aromatic heterocycles. The summed E-state index contributed by atoms with van der Waals surface area (Å²) >= 11 is 0. The first-order valence-corrected chi connectivity index (χ1v) is 8.04. The lowest BCUT2D eigenvalue weighted by Gasteiger charge is -2.25. The van der Waals surface area contributed by atoms with Gasteiger partial charge in [0.1, 0.15) is 11.5 Å². The van der Waals surface area contributed by atoms with Crippen molar-refractivity contribution in [2.24, 2.45) is 0 Å². The zero-order valence-corrected chi connectivity index (χ0v) is 13.7. The standard InChI is InChI=1S/C17H18F2N4O2/c1-10-20-8-11-12(21-10)4-2-5-13(11)23-17(24)14-6-3-7-16(22-14)25-9-15(18)19/h3,6-8,13,15H,2,4-5,9H2,1H3,(H,23,24)/t13-/m1/s1. The fraction of sp³-hybridized carbons (Fsp3) is 0.412. The number of aromatic nitrogens is 3. The lowest BCUT2D eigenvalue weighted by atomic mass is 9.92. The van der Waals surface area contributed by atoms with E-state index in [2.05, 4.69) is 20.3 Å². The van der Waals surface area contributed by atoms with Crippen LogP contribution in [0.3, 0.4) is 0 Å². The molecule has 1 aliphatic rings. The molecule has 0 aliphatic heterocycles. The highest BCUT2D eigenvalue weighted by Crippen LogP contribution is 2.28. The maximum Gasteiger partial charge on any atom is 0.272 e. The van der Waals surface area contributed by atoms with Crippen LogP contribution in [-0.2, 0) is 6.42 Å². The summed E-state index contributed by atoms with van der Waals surface area (Å²) in [6, 6.07) is 4.31. The predicted octanol–water partition coefficient (Wildman–Crippen LogP) is 2.63. The SMILES string of the molecule is Cc1ncc2c(n1)CCC[C@H]2NC(=O)c1cccc(OCC(F)F)n1. The molecule has 132 valence electrons. The van der Waals surface area contributed by atoms with Crippen molar-refractivity contribution in [3.8, 4) is 5.88 Å². The number of rotatable bonds is 5. The maximum atomic E-state index is 12.5. The number of hydrogen-bond donors (Lipinski definition) is 1. The van der Waals surface area contributed by atoms with Gasteiger partial charge >= 0.3 is 0 Å². The van der Waals surface area contributed by atoms with Gasteiger partial charge in [0, 0.05) is 23.5 Å². The zero-order chi connectivity index (χ0) is 17.8. The molecular weight excluding hydrogens is 330 g/mol. The fourth-order valence-corrected chi connectivity index (χ4v) is 2.80. The van der Waals surface area contributed by atoms with Gasteiger partial charge in [0.2, 0.25) is 5.88 Å². The van der Waals surface area contributed by atoms with Gasteiger partial charge in [-0.25, -0.2) is 23.7 Å². The highest BCUT2D eigenvalue weighted by Gasteiger charge is 2.24. The molecule has 0 unspecified atom stereocenters. The molecule has 2 aromatic rings. The average Bonchev–Trinajstić information content (AvgIpc) is 2.60. The maximum absolute atomic E-state index is 12.5. The topological polar surface area (TPSA) is 77.0 Å². The van der Waals surface area contributed by atoms with Crippen LogP contribution in [0.15, 0.2) is 24.4 Å². The van der Waals surface area contributed by atoms with Gasteiger partial charge in [-0.05, 0) is 32.3 Å². The predicted molar refractivity (Wildman–Crippen MR) is 85.7 cm³/mol. The summed E-state index contributed by atoms with van der Waals surface area (Å²) in [6.45, 7) is 1.07. The third-order valence-corrected chi connectivity index (χ3v) is 3.92. The zero-order valence-electron chi connectivity index (χ0n) is 13.7. The van der Waals surface area contributed by atoms with Crippen LogP contribution in [0.1, 0.15) is 46.5 Å². The van der Waals surface area contributed by atoms with Crippen molar-refractivity contribution in [2.75, 3.05) is 6.61 Å². The molecule has 25 heavy (non-hydrogen) atoms. The molecule has 0 aromatic carbocycles. The van der Waals surface area contributed by atoms with Gasteiger partial charge in [-0.15, -0.1) is 0 Å². The number of alkyl halides is 2. The summed E-state index contributed by atoms with van der Waals surface area (Å²) in [5.74, 6) is 0.313. The molecule has 0 saturated carbocycles. The summed E-state index contributed by atoms with van der Waals surface area (Å²) in [5, 5.41) is 2.92. The summed E-state index contributed by atoms with van der Waals surface area (Å²) in [7, 11) is 0. The lowest BCUT2D eigenvalue weighted by Crippen LogP contribution is -2.32. The molecule has 1 amide bonds. The number of aryl methyl sites for hydroxylation is 2. The summed E-state index contributed by atoms with van der Waals surface area (Å²) < 4.78 is 29.3. The van der Waals surface area contributed by atoms with E-state index < -0.39 is 13.0 Å². The lowest BCUT2D eigenvalue weighted by molar-refractivity contribution is 0.0792. The van der Waals surface area contributed by atoms with Crippen LogP contribution in [0.2, 0.25) is 0 Å². The van der Waals surface area contributed by atoms with Gasteiger partial charge in [0.25, 0.3) is 12.3 Å². The van der Waals surface area contributed by atoms with Crippen LogP contribution >= 0.6 is 0 Å². The van der Waals surface area contributed by atoms with Crippen molar-refractivity contribution in [3.05, 3.63) is 47.2 Å². The van der Waals surface area contributed by atoms with Crippen molar-refractivity contribution < 1.29 is 18.3 Å². The van der Waals surface area contributed by atoms with Crippen LogP contribution in [0.25, 0.3) is 0 Å². The molecule has 2 heterocycles. The summed E-state index contributed by atoms with van der Waals surface area (Å²) in [4.78, 5) is 25.1. The fourth-order valence-electron chi connectivity index (χ4n) is 2.80. The van der Waals surface area contributed by atoms with E-state index in [1.807, 2.05) is 6.92 Å². The van der Waals surface area contributed by atoms with Gasteiger partial charge in [-0.2, -0.15) is 0 Å². The Morgan fingerprint density at radius 2 is 2.24 bits per heavy atom. The van der Waals surface area contributed by atoms with E-state index in [9.17, 15) is 13.6 Å². The highest BCUT2D eigenvalue weighted by atomic mass is 19.3. The molecule has 0 saturated heterocycles. The number of carbonyl (C=O) groups excluding carboxylic acids is 1. The number of hydrogen-bond acceptors (Lipinski definition) is 5. The summed E-state index contributed by atoms with van der Waals surface area (Å²) in [6.07, 6.45) is 1.71. The van der Waals surface area contributed by atoms with Gasteiger partial charge in [0.05, 0.1) is 6.04 Å². The molecule has 0 radical (unpaired) electrons. The van der Waals surface area contributed by atoms with E-state index in [1.54, 1.807) is 12.3 Å². The van der Waals surface area contributed by atoms with E-state index in [1.165, 1.54) is 12.1 Å². The number of ether oxygens (including phenoxy) is 1. The van der Waals surface area contributed by atoms with Crippen molar-refractivity contribution >= 4 is 5.91 Å². The first-order valence-electron chi connectivity index (χ1n) is 8.04. The third-order valence-electron chi connectivity index (χ3n) is 3.92. The molecule has 0 bridgehead atoms. The monoisotopic (exact) mass is 348 g/mol. The van der Waals surface area contributed by atoms with Crippen LogP contribution in [-0.4, -0.2) is 33.9 Å². The molecule has 3 rings (SSSR count). The first kappa shape index (κ1) is 17.2. The largest absolute Gasteiger partial charge is 0.472 e. The first-order chi connectivity index (χ1) is 12.0. The minimum absolute atomic E-state index is 0.00375. The Balaban J connectivity index is 1.72. The number of nitrogens with zero attached hydrogens (tertiary/aromatic N) is 3. The molecule has 1 N–H and O–H groups in total. The molecule has 0 spiro atoms. The number of halogens is 2. The number of carbonyl (C=O) groups is 1. The quantitative estimate of drug-likeness (QED) is 0.899. The van der Waals surface area contributed by atoms with Gasteiger partial charge in [-0.3, -0.25) is 4.79 Å². The minimum Gasteiger partial charge on any atom is -0.472 e. The van der Waals surface area contributed by atoms with Crippen LogP contribution in [0.5, 0.6) is 5.88 Å². The van der Waals surface area contributed by atoms with Gasteiger partial charge < -0.3 is 10.1 Å². The van der Waals surface area contributed by atoms with Crippen molar-refractivity contribution in [1.82, 2.24) is 20.3 Å². The normalized spacial score (nSPS) is 16.4. The molecular formula is C17H18F2N4O2. The number of amides is 1. The van der Waals surface area contributed by atoms with E-state index in [0.29, 0.717) is 5.82 Å². The average molecular weight is 348 g/mol. The van der Waals surface area contributed by atoms with Crippen molar-refractivity contribution in [1.29, 1.82) is 0 Å². The van der Waals surface area contributed by atoms with Crippen molar-refractivity contribution in [3.63, 3.8) is 0 Å². The van der Waals surface area contributed by atoms with Crippen LogP contribution in [0.4, 0.5) is 8.78 Å². The summed E-state index contributed by atoms with van der Waals surface area (Å²) in [5.41, 5.74) is 1.98. The third kappa shape index (κ3) is 4.26. The Labute approximate surface area is 143 Å². The second-order valence-electron chi connectivity index (χ2n) is 5.80. The molecule has 1 atom stereocenters. The van der Waals surface area contributed by atoms with Gasteiger partial charge in [0.15, 0.2) is 6.61 Å². The van der Waals surface area contributed by atoms with E-state index >= 15 is 0 Å². The van der Waals surface area contributed by atoms with E-state index in [0.717, 1.165) is 30.5 Å².